The molecule has 0 radical (unpaired) electrons. The summed E-state index contributed by atoms with van der Waals surface area (Å²) in [6.45, 7) is 0. The lowest BCUT2D eigenvalue weighted by atomic mass is 9.76. The molecule has 4 rings (SSSR count). The quantitative estimate of drug-likeness (QED) is 0.429. The second kappa shape index (κ2) is 7.05. The fraction of sp³-hybridized carbons (Fsp3) is 0.278. The maximum absolute atomic E-state index is 14.9. The first-order valence-corrected chi connectivity index (χ1v) is 10.7. The molecule has 0 unspecified atom stereocenters. The SMILES string of the molecule is Nc1n[nH]c2ccc(-c3ccc(S(=O)(=O)NC4CC(O)(C(F)(F)F)C4)cc3Cl)c(F)c12. The Morgan fingerprint density at radius 3 is 2.48 bits per heavy atom. The van der Waals surface area contributed by atoms with E-state index in [0.29, 0.717) is 5.52 Å². The van der Waals surface area contributed by atoms with Crippen molar-refractivity contribution < 1.29 is 31.1 Å². The summed E-state index contributed by atoms with van der Waals surface area (Å²) in [6, 6.07) is 5.38. The molecular formula is C18H15ClF4N4O3S. The Kier molecular flexibility index (Phi) is 4.96. The Labute approximate surface area is 178 Å². The molecule has 3 aromatic rings. The van der Waals surface area contributed by atoms with Gasteiger partial charge in [0.1, 0.15) is 5.82 Å². The molecule has 1 aliphatic carbocycles. The average Bonchev–Trinajstić information content (AvgIpc) is 3.02. The minimum absolute atomic E-state index is 0.0480. The molecule has 2 aromatic carbocycles. The number of nitrogens with one attached hydrogen (secondary N) is 2. The van der Waals surface area contributed by atoms with Gasteiger partial charge in [0.15, 0.2) is 11.4 Å². The summed E-state index contributed by atoms with van der Waals surface area (Å²) in [5, 5.41) is 15.7. The van der Waals surface area contributed by atoms with Crippen LogP contribution in [0.1, 0.15) is 12.8 Å². The van der Waals surface area contributed by atoms with Crippen molar-refractivity contribution in [3.05, 3.63) is 41.2 Å². The molecule has 0 amide bonds. The van der Waals surface area contributed by atoms with Gasteiger partial charge in [-0.15, -0.1) is 0 Å². The molecule has 5 N–H and O–H groups in total. The van der Waals surface area contributed by atoms with Gasteiger partial charge in [-0.1, -0.05) is 17.7 Å². The van der Waals surface area contributed by atoms with E-state index in [0.717, 1.165) is 12.1 Å². The van der Waals surface area contributed by atoms with E-state index in [2.05, 4.69) is 14.9 Å². The van der Waals surface area contributed by atoms with Crippen LogP contribution in [0.4, 0.5) is 23.4 Å². The number of nitrogens with two attached hydrogens (primary N) is 1. The van der Waals surface area contributed by atoms with E-state index in [1.165, 1.54) is 18.2 Å². The predicted molar refractivity (Wildman–Crippen MR) is 105 cm³/mol. The molecule has 1 fully saturated rings. The first-order chi connectivity index (χ1) is 14.3. The molecule has 0 bridgehead atoms. The van der Waals surface area contributed by atoms with Gasteiger partial charge in [0, 0.05) is 35.0 Å². The van der Waals surface area contributed by atoms with Crippen LogP contribution in [-0.2, 0) is 10.0 Å². The van der Waals surface area contributed by atoms with Crippen LogP contribution in [0.25, 0.3) is 22.0 Å². The zero-order valence-electron chi connectivity index (χ0n) is 15.5. The predicted octanol–water partition coefficient (Wildman–Crippen LogP) is 3.34. The summed E-state index contributed by atoms with van der Waals surface area (Å²) in [6.07, 6.45) is -6.43. The van der Waals surface area contributed by atoms with Crippen LogP contribution >= 0.6 is 11.6 Å². The van der Waals surface area contributed by atoms with E-state index in [1.807, 2.05) is 0 Å². The summed E-state index contributed by atoms with van der Waals surface area (Å²) in [7, 11) is -4.22. The minimum atomic E-state index is -4.84. The number of nitrogen functional groups attached to an aromatic ring is 1. The van der Waals surface area contributed by atoms with Crippen LogP contribution in [0.15, 0.2) is 35.2 Å². The molecule has 13 heteroatoms. The molecule has 0 atom stereocenters. The normalized spacial score (nSPS) is 21.9. The van der Waals surface area contributed by atoms with E-state index in [1.54, 1.807) is 0 Å². The van der Waals surface area contributed by atoms with Gasteiger partial charge < -0.3 is 10.8 Å². The molecule has 0 aliphatic heterocycles. The van der Waals surface area contributed by atoms with Crippen LogP contribution in [0, 0.1) is 5.82 Å². The van der Waals surface area contributed by atoms with Crippen molar-refractivity contribution in [3.63, 3.8) is 0 Å². The van der Waals surface area contributed by atoms with E-state index in [-0.39, 0.29) is 32.2 Å². The van der Waals surface area contributed by atoms with Gasteiger partial charge in [0.2, 0.25) is 10.0 Å². The van der Waals surface area contributed by atoms with Crippen molar-refractivity contribution >= 4 is 38.3 Å². The highest BCUT2D eigenvalue weighted by molar-refractivity contribution is 7.89. The minimum Gasteiger partial charge on any atom is -0.382 e. The van der Waals surface area contributed by atoms with Crippen LogP contribution in [-0.4, -0.2) is 41.5 Å². The first-order valence-electron chi connectivity index (χ1n) is 8.86. The van der Waals surface area contributed by atoms with Gasteiger partial charge >= 0.3 is 6.18 Å². The smallest absolute Gasteiger partial charge is 0.382 e. The van der Waals surface area contributed by atoms with Crippen LogP contribution in [0.3, 0.4) is 0 Å². The molecule has 1 aromatic heterocycles. The van der Waals surface area contributed by atoms with Crippen molar-refractivity contribution in [1.29, 1.82) is 0 Å². The van der Waals surface area contributed by atoms with Crippen molar-refractivity contribution in [1.82, 2.24) is 14.9 Å². The van der Waals surface area contributed by atoms with Gasteiger partial charge in [-0.2, -0.15) is 18.3 Å². The third kappa shape index (κ3) is 3.63. The standard InChI is InChI=1S/C18H15ClF4N4O3S/c19-12-5-9(31(29,30)27-8-6-17(28,7-8)18(21,22)23)1-2-10(12)11-3-4-13-14(15(11)20)16(24)26-25-13/h1-5,8,27-28H,6-7H2,(H3,24,25,26). The number of aromatic nitrogens is 2. The molecule has 0 spiro atoms. The van der Waals surface area contributed by atoms with Crippen molar-refractivity contribution in [3.8, 4) is 11.1 Å². The topological polar surface area (TPSA) is 121 Å². The third-order valence-corrected chi connectivity index (χ3v) is 7.08. The number of rotatable bonds is 4. The third-order valence-electron chi connectivity index (χ3n) is 5.25. The maximum Gasteiger partial charge on any atom is 0.417 e. The summed E-state index contributed by atoms with van der Waals surface area (Å²) in [4.78, 5) is -0.312. The van der Waals surface area contributed by atoms with Crippen molar-refractivity contribution in [2.24, 2.45) is 0 Å². The highest BCUT2D eigenvalue weighted by Crippen LogP contribution is 2.45. The summed E-state index contributed by atoms with van der Waals surface area (Å²) < 4.78 is 80.2. The van der Waals surface area contributed by atoms with Crippen LogP contribution in [0.5, 0.6) is 0 Å². The molecule has 1 saturated carbocycles. The number of halogens is 5. The number of hydrogen-bond acceptors (Lipinski definition) is 5. The number of anilines is 1. The van der Waals surface area contributed by atoms with Gasteiger partial charge in [-0.05, 0) is 24.3 Å². The van der Waals surface area contributed by atoms with Crippen LogP contribution in [0.2, 0.25) is 5.02 Å². The number of nitrogens with zero attached hydrogens (tertiary/aromatic N) is 1. The summed E-state index contributed by atoms with van der Waals surface area (Å²) >= 11 is 6.19. The number of alkyl halides is 3. The Morgan fingerprint density at radius 1 is 1.23 bits per heavy atom. The fourth-order valence-electron chi connectivity index (χ4n) is 3.54. The van der Waals surface area contributed by atoms with E-state index in [4.69, 9.17) is 17.3 Å². The zero-order valence-corrected chi connectivity index (χ0v) is 17.0. The van der Waals surface area contributed by atoms with Gasteiger partial charge in [-0.25, -0.2) is 17.5 Å². The number of aromatic amines is 1. The molecule has 1 aliphatic rings. The Balaban J connectivity index is 1.60. The van der Waals surface area contributed by atoms with E-state index >= 15 is 0 Å². The summed E-state index contributed by atoms with van der Waals surface area (Å²) in [5.74, 6) is -0.742. The summed E-state index contributed by atoms with van der Waals surface area (Å²) in [5.41, 5.74) is 3.38. The van der Waals surface area contributed by atoms with Gasteiger partial charge in [0.05, 0.1) is 15.8 Å². The second-order valence-electron chi connectivity index (χ2n) is 7.36. The molecule has 166 valence electrons. The first kappa shape index (κ1) is 21.8. The second-order valence-corrected chi connectivity index (χ2v) is 9.48. The number of benzene rings is 2. The van der Waals surface area contributed by atoms with Gasteiger partial charge in [0.25, 0.3) is 0 Å². The van der Waals surface area contributed by atoms with E-state index in [9.17, 15) is 31.1 Å². The van der Waals surface area contributed by atoms with Crippen LogP contribution < -0.4 is 10.5 Å². The molecule has 7 nitrogen and oxygen atoms in total. The molecular weight excluding hydrogens is 464 g/mol. The Bertz CT molecular complexity index is 1290. The number of sulfonamides is 1. The molecule has 0 saturated heterocycles. The largest absolute Gasteiger partial charge is 0.417 e. The number of aliphatic hydroxyl groups is 1. The lowest BCUT2D eigenvalue weighted by Crippen LogP contribution is -2.62. The molecule has 1 heterocycles. The number of fused-ring (bicyclic) bond motifs is 1. The van der Waals surface area contributed by atoms with Crippen molar-refractivity contribution in [2.45, 2.75) is 35.6 Å². The average molecular weight is 479 g/mol. The highest BCUT2D eigenvalue weighted by atomic mass is 35.5. The maximum atomic E-state index is 14.9. The Morgan fingerprint density at radius 2 is 1.87 bits per heavy atom. The van der Waals surface area contributed by atoms with E-state index < -0.39 is 46.5 Å². The zero-order chi connectivity index (χ0) is 22.8. The molecule has 31 heavy (non-hydrogen) atoms. The fourth-order valence-corrected chi connectivity index (χ4v) is 5.15. The number of H-pyrrole nitrogens is 1. The Hall–Kier alpha value is -2.41. The van der Waals surface area contributed by atoms with Crippen molar-refractivity contribution in [2.75, 3.05) is 5.73 Å². The van der Waals surface area contributed by atoms with Gasteiger partial charge in [-0.3, -0.25) is 5.10 Å². The monoisotopic (exact) mass is 478 g/mol. The lowest BCUT2D eigenvalue weighted by Gasteiger charge is -2.44. The number of hydrogen-bond donors (Lipinski definition) is 4. The highest BCUT2D eigenvalue weighted by Gasteiger charge is 2.61. The lowest BCUT2D eigenvalue weighted by molar-refractivity contribution is -0.290.